The number of rotatable bonds is 0. The van der Waals surface area contributed by atoms with E-state index in [0.29, 0.717) is 11.5 Å². The maximum atomic E-state index is 5.41. The summed E-state index contributed by atoms with van der Waals surface area (Å²) in [5, 5.41) is 4.37. The Labute approximate surface area is 56.6 Å². The average Bonchev–Trinajstić information content (AvgIpc) is 2.34. The van der Waals surface area contributed by atoms with E-state index < -0.39 is 0 Å². The van der Waals surface area contributed by atoms with Gasteiger partial charge < -0.3 is 10.3 Å². The van der Waals surface area contributed by atoms with Gasteiger partial charge in [-0.1, -0.05) is 5.16 Å². The molecular formula is C6H5N3O. The molecule has 0 aliphatic heterocycles. The molecule has 0 spiro atoms. The van der Waals surface area contributed by atoms with Crippen LogP contribution in [0.2, 0.25) is 0 Å². The van der Waals surface area contributed by atoms with E-state index >= 15 is 0 Å². The zero-order valence-electron chi connectivity index (χ0n) is 5.11. The summed E-state index contributed by atoms with van der Waals surface area (Å²) in [6, 6.07) is 3.60. The number of hydrogen-bond donors (Lipinski definition) is 1. The van der Waals surface area contributed by atoms with Gasteiger partial charge in [-0.05, 0) is 12.1 Å². The minimum absolute atomic E-state index is 0.322. The van der Waals surface area contributed by atoms with Crippen LogP contribution in [-0.2, 0) is 0 Å². The number of nitrogen functional groups attached to an aromatic ring is 1. The minimum atomic E-state index is 0.322. The molecular weight excluding hydrogens is 130 g/mol. The van der Waals surface area contributed by atoms with Gasteiger partial charge in [0.25, 0.3) is 0 Å². The zero-order valence-corrected chi connectivity index (χ0v) is 5.11. The molecule has 0 bridgehead atoms. The molecule has 4 heteroatoms. The van der Waals surface area contributed by atoms with Crippen molar-refractivity contribution in [1.82, 2.24) is 10.1 Å². The lowest BCUT2D eigenvalue weighted by molar-refractivity contribution is 0.443. The van der Waals surface area contributed by atoms with Gasteiger partial charge in [0.2, 0.25) is 11.5 Å². The predicted octanol–water partition coefficient (Wildman–Crippen LogP) is 0.805. The third-order valence-corrected chi connectivity index (χ3v) is 1.28. The predicted molar refractivity (Wildman–Crippen MR) is 36.2 cm³/mol. The Morgan fingerprint density at radius 1 is 1.50 bits per heavy atom. The third-order valence-electron chi connectivity index (χ3n) is 1.28. The number of nitrogens with zero attached hydrogens (tertiary/aromatic N) is 2. The Hall–Kier alpha value is -1.58. The normalized spacial score (nSPS) is 10.4. The largest absolute Gasteiger partial charge is 0.367 e. The number of fused-ring (bicyclic) bond motifs is 1. The second kappa shape index (κ2) is 1.70. The molecule has 50 valence electrons. The van der Waals surface area contributed by atoms with Crippen molar-refractivity contribution in [3.05, 3.63) is 18.3 Å². The maximum Gasteiger partial charge on any atom is 0.231 e. The van der Waals surface area contributed by atoms with Crippen LogP contribution in [0.3, 0.4) is 0 Å². The third kappa shape index (κ3) is 0.556. The smallest absolute Gasteiger partial charge is 0.231 e. The molecule has 0 amide bonds. The Kier molecular flexibility index (Phi) is 0.887. The first-order valence-corrected chi connectivity index (χ1v) is 2.84. The van der Waals surface area contributed by atoms with E-state index in [-0.39, 0.29) is 0 Å². The van der Waals surface area contributed by atoms with E-state index in [1.165, 1.54) is 0 Å². The van der Waals surface area contributed by atoms with Crippen LogP contribution in [0.25, 0.3) is 11.0 Å². The lowest BCUT2D eigenvalue weighted by Gasteiger charge is -1.81. The van der Waals surface area contributed by atoms with Crippen molar-refractivity contribution in [2.45, 2.75) is 0 Å². The molecule has 0 aromatic carbocycles. The van der Waals surface area contributed by atoms with E-state index in [2.05, 4.69) is 14.7 Å². The van der Waals surface area contributed by atoms with E-state index in [0.717, 1.165) is 5.39 Å². The number of hydrogen-bond acceptors (Lipinski definition) is 4. The molecule has 4 nitrogen and oxygen atoms in total. The van der Waals surface area contributed by atoms with Gasteiger partial charge in [-0.25, -0.2) is 4.98 Å². The van der Waals surface area contributed by atoms with E-state index in [1.54, 1.807) is 12.3 Å². The molecule has 0 radical (unpaired) electrons. The van der Waals surface area contributed by atoms with Crippen molar-refractivity contribution in [2.24, 2.45) is 0 Å². The summed E-state index contributed by atoms with van der Waals surface area (Å²) in [6.07, 6.45) is 1.64. The SMILES string of the molecule is Nc1onc2ncccc12. The summed E-state index contributed by atoms with van der Waals surface area (Å²) in [6.45, 7) is 0. The molecule has 0 fully saturated rings. The Morgan fingerprint density at radius 3 is 3.20 bits per heavy atom. The molecule has 2 rings (SSSR count). The number of aromatic nitrogens is 2. The molecule has 0 atom stereocenters. The first-order chi connectivity index (χ1) is 4.88. The summed E-state index contributed by atoms with van der Waals surface area (Å²) < 4.78 is 4.68. The van der Waals surface area contributed by atoms with Crippen molar-refractivity contribution in [3.63, 3.8) is 0 Å². The summed E-state index contributed by atoms with van der Waals surface area (Å²) >= 11 is 0. The lowest BCUT2D eigenvalue weighted by Crippen LogP contribution is -1.79. The van der Waals surface area contributed by atoms with Crippen molar-refractivity contribution in [3.8, 4) is 0 Å². The summed E-state index contributed by atoms with van der Waals surface area (Å²) in [4.78, 5) is 3.92. The second-order valence-corrected chi connectivity index (χ2v) is 1.92. The Balaban J connectivity index is 2.93. The van der Waals surface area contributed by atoms with Gasteiger partial charge in [0.05, 0.1) is 5.39 Å². The maximum absolute atomic E-state index is 5.41. The summed E-state index contributed by atoms with van der Waals surface area (Å²) in [5.74, 6) is 0.322. The standard InChI is InChI=1S/C6H5N3O/c7-5-4-2-1-3-8-6(4)9-10-5/h1-3H,7H2. The monoisotopic (exact) mass is 135 g/mol. The lowest BCUT2D eigenvalue weighted by atomic mass is 10.3. The van der Waals surface area contributed by atoms with Gasteiger partial charge in [-0.3, -0.25) is 0 Å². The number of nitrogens with two attached hydrogens (primary N) is 1. The highest BCUT2D eigenvalue weighted by Crippen LogP contribution is 2.16. The highest BCUT2D eigenvalue weighted by molar-refractivity contribution is 5.83. The van der Waals surface area contributed by atoms with Gasteiger partial charge in [0.15, 0.2) is 0 Å². The van der Waals surface area contributed by atoms with Crippen molar-refractivity contribution >= 4 is 16.9 Å². The molecule has 0 saturated carbocycles. The molecule has 0 saturated heterocycles. The molecule has 0 aliphatic rings. The number of anilines is 1. The first-order valence-electron chi connectivity index (χ1n) is 2.84. The van der Waals surface area contributed by atoms with Crippen LogP contribution in [0.15, 0.2) is 22.9 Å². The number of pyridine rings is 1. The van der Waals surface area contributed by atoms with Gasteiger partial charge in [0.1, 0.15) is 0 Å². The van der Waals surface area contributed by atoms with Crippen LogP contribution in [0, 0.1) is 0 Å². The van der Waals surface area contributed by atoms with Gasteiger partial charge in [-0.15, -0.1) is 0 Å². The summed E-state index contributed by atoms with van der Waals surface area (Å²) in [5.41, 5.74) is 5.96. The van der Waals surface area contributed by atoms with Crippen molar-refractivity contribution in [1.29, 1.82) is 0 Å². The van der Waals surface area contributed by atoms with Crippen LogP contribution in [-0.4, -0.2) is 10.1 Å². The van der Waals surface area contributed by atoms with E-state index in [1.807, 2.05) is 6.07 Å². The highest BCUT2D eigenvalue weighted by atomic mass is 16.5. The zero-order chi connectivity index (χ0) is 6.97. The average molecular weight is 135 g/mol. The fourth-order valence-electron chi connectivity index (χ4n) is 0.804. The first kappa shape index (κ1) is 5.22. The van der Waals surface area contributed by atoms with E-state index in [9.17, 15) is 0 Å². The van der Waals surface area contributed by atoms with Gasteiger partial charge in [0, 0.05) is 6.20 Å². The molecule has 2 N–H and O–H groups in total. The molecule has 0 aliphatic carbocycles. The fraction of sp³-hybridized carbons (Fsp3) is 0. The molecule has 10 heavy (non-hydrogen) atoms. The van der Waals surface area contributed by atoms with Crippen LogP contribution in [0.1, 0.15) is 0 Å². The van der Waals surface area contributed by atoms with Crippen LogP contribution in [0.4, 0.5) is 5.88 Å². The Morgan fingerprint density at radius 2 is 2.40 bits per heavy atom. The van der Waals surface area contributed by atoms with Gasteiger partial charge >= 0.3 is 0 Å². The molecule has 2 heterocycles. The van der Waals surface area contributed by atoms with Crippen molar-refractivity contribution in [2.75, 3.05) is 5.73 Å². The quantitative estimate of drug-likeness (QED) is 0.580. The second-order valence-electron chi connectivity index (χ2n) is 1.92. The van der Waals surface area contributed by atoms with E-state index in [4.69, 9.17) is 5.73 Å². The highest BCUT2D eigenvalue weighted by Gasteiger charge is 2.01. The van der Waals surface area contributed by atoms with Crippen LogP contribution in [0.5, 0.6) is 0 Å². The van der Waals surface area contributed by atoms with Crippen molar-refractivity contribution < 1.29 is 4.52 Å². The van der Waals surface area contributed by atoms with Gasteiger partial charge in [-0.2, -0.15) is 0 Å². The fourth-order valence-corrected chi connectivity index (χ4v) is 0.804. The van der Waals surface area contributed by atoms with Crippen LogP contribution < -0.4 is 5.73 Å². The molecule has 2 aromatic rings. The summed E-state index contributed by atoms with van der Waals surface area (Å²) in [7, 11) is 0. The Bertz CT molecular complexity index is 355. The molecule has 2 aromatic heterocycles. The minimum Gasteiger partial charge on any atom is -0.367 e. The molecule has 0 unspecified atom stereocenters. The topological polar surface area (TPSA) is 64.9 Å². The van der Waals surface area contributed by atoms with Crippen LogP contribution >= 0.6 is 0 Å².